The molecular formula is C16H20ClFN2. The molecule has 1 saturated carbocycles. The molecule has 0 bridgehead atoms. The quantitative estimate of drug-likeness (QED) is 0.706. The standard InChI is InChI=1S/C16H20ClFN2/c1-9-4-6-14(10(9)2)20-15-7-5-12(18)8-13(15)19-16(20)11(3)17/h5,7-11,14H,4,6H2,1-3H3. The first kappa shape index (κ1) is 13.9. The van der Waals surface area contributed by atoms with Gasteiger partial charge in [-0.25, -0.2) is 9.37 Å². The lowest BCUT2D eigenvalue weighted by Crippen LogP contribution is -2.17. The molecular weight excluding hydrogens is 275 g/mol. The van der Waals surface area contributed by atoms with E-state index in [0.717, 1.165) is 17.8 Å². The lowest BCUT2D eigenvalue weighted by atomic mass is 9.97. The molecule has 1 aliphatic carbocycles. The van der Waals surface area contributed by atoms with E-state index in [4.69, 9.17) is 11.6 Å². The van der Waals surface area contributed by atoms with Gasteiger partial charge >= 0.3 is 0 Å². The van der Waals surface area contributed by atoms with Gasteiger partial charge in [0.2, 0.25) is 0 Å². The number of aromatic nitrogens is 2. The van der Waals surface area contributed by atoms with E-state index in [-0.39, 0.29) is 11.2 Å². The van der Waals surface area contributed by atoms with Gasteiger partial charge in [-0.2, -0.15) is 0 Å². The minimum atomic E-state index is -0.247. The number of rotatable bonds is 2. The minimum Gasteiger partial charge on any atom is -0.323 e. The van der Waals surface area contributed by atoms with Crippen molar-refractivity contribution >= 4 is 22.6 Å². The van der Waals surface area contributed by atoms with Crippen LogP contribution in [-0.2, 0) is 0 Å². The monoisotopic (exact) mass is 294 g/mol. The van der Waals surface area contributed by atoms with Crippen LogP contribution in [0.25, 0.3) is 11.0 Å². The number of halogens is 2. The zero-order chi connectivity index (χ0) is 14.4. The van der Waals surface area contributed by atoms with E-state index in [1.54, 1.807) is 0 Å². The summed E-state index contributed by atoms with van der Waals surface area (Å²) in [4.78, 5) is 4.57. The molecule has 1 aromatic heterocycles. The summed E-state index contributed by atoms with van der Waals surface area (Å²) < 4.78 is 15.7. The van der Waals surface area contributed by atoms with Gasteiger partial charge in [0.1, 0.15) is 11.6 Å². The summed E-state index contributed by atoms with van der Waals surface area (Å²) in [5, 5.41) is -0.173. The van der Waals surface area contributed by atoms with Gasteiger partial charge in [-0.05, 0) is 43.7 Å². The highest BCUT2D eigenvalue weighted by molar-refractivity contribution is 6.20. The van der Waals surface area contributed by atoms with Gasteiger partial charge in [0.15, 0.2) is 0 Å². The fraction of sp³-hybridized carbons (Fsp3) is 0.562. The molecule has 0 amide bonds. The first-order valence-corrected chi connectivity index (χ1v) is 7.74. The molecule has 1 aliphatic rings. The fourth-order valence-electron chi connectivity index (χ4n) is 3.42. The van der Waals surface area contributed by atoms with Gasteiger partial charge in [0.05, 0.1) is 16.4 Å². The van der Waals surface area contributed by atoms with Crippen molar-refractivity contribution in [3.8, 4) is 0 Å². The average Bonchev–Trinajstić information content (AvgIpc) is 2.91. The van der Waals surface area contributed by atoms with E-state index < -0.39 is 0 Å². The Balaban J connectivity index is 2.19. The number of hydrogen-bond acceptors (Lipinski definition) is 1. The van der Waals surface area contributed by atoms with Gasteiger partial charge < -0.3 is 4.57 Å². The molecule has 1 fully saturated rings. The highest BCUT2D eigenvalue weighted by Gasteiger charge is 2.34. The molecule has 4 unspecified atom stereocenters. The van der Waals surface area contributed by atoms with Crippen LogP contribution in [0.3, 0.4) is 0 Å². The van der Waals surface area contributed by atoms with Crippen molar-refractivity contribution < 1.29 is 4.39 Å². The molecule has 0 saturated heterocycles. The number of nitrogens with zero attached hydrogens (tertiary/aromatic N) is 2. The van der Waals surface area contributed by atoms with Gasteiger partial charge in [0, 0.05) is 12.1 Å². The third kappa shape index (κ3) is 2.12. The second-order valence-electron chi connectivity index (χ2n) is 6.07. The van der Waals surface area contributed by atoms with Crippen LogP contribution >= 0.6 is 11.6 Å². The smallest absolute Gasteiger partial charge is 0.127 e. The van der Waals surface area contributed by atoms with E-state index in [2.05, 4.69) is 23.4 Å². The second-order valence-corrected chi connectivity index (χ2v) is 6.72. The first-order valence-electron chi connectivity index (χ1n) is 7.30. The molecule has 4 heteroatoms. The normalized spacial score (nSPS) is 28.1. The third-order valence-electron chi connectivity index (χ3n) is 4.79. The molecule has 2 aromatic rings. The van der Waals surface area contributed by atoms with Crippen LogP contribution in [0.15, 0.2) is 18.2 Å². The van der Waals surface area contributed by atoms with Crippen LogP contribution in [-0.4, -0.2) is 9.55 Å². The van der Waals surface area contributed by atoms with E-state index in [1.807, 2.05) is 13.0 Å². The first-order chi connectivity index (χ1) is 9.49. The Labute approximate surface area is 123 Å². The summed E-state index contributed by atoms with van der Waals surface area (Å²) in [7, 11) is 0. The van der Waals surface area contributed by atoms with Crippen LogP contribution in [0.2, 0.25) is 0 Å². The van der Waals surface area contributed by atoms with Gasteiger partial charge in [-0.3, -0.25) is 0 Å². The second kappa shape index (κ2) is 5.03. The van der Waals surface area contributed by atoms with E-state index in [1.165, 1.54) is 18.6 Å². The SMILES string of the molecule is CC(Cl)c1nc2cc(F)ccc2n1C1CCC(C)C1C. The van der Waals surface area contributed by atoms with E-state index >= 15 is 0 Å². The summed E-state index contributed by atoms with van der Waals surface area (Å²) in [6.45, 7) is 6.52. The Kier molecular flexibility index (Phi) is 3.49. The van der Waals surface area contributed by atoms with Gasteiger partial charge in [0.25, 0.3) is 0 Å². The molecule has 0 aliphatic heterocycles. The van der Waals surface area contributed by atoms with Crippen molar-refractivity contribution in [2.24, 2.45) is 11.8 Å². The number of hydrogen-bond donors (Lipinski definition) is 0. The van der Waals surface area contributed by atoms with E-state index in [0.29, 0.717) is 23.4 Å². The molecule has 2 nitrogen and oxygen atoms in total. The minimum absolute atomic E-state index is 0.173. The zero-order valence-corrected chi connectivity index (χ0v) is 12.9. The molecule has 20 heavy (non-hydrogen) atoms. The molecule has 0 radical (unpaired) electrons. The third-order valence-corrected chi connectivity index (χ3v) is 4.98. The van der Waals surface area contributed by atoms with Gasteiger partial charge in [-0.15, -0.1) is 11.6 Å². The maximum Gasteiger partial charge on any atom is 0.127 e. The Morgan fingerprint density at radius 1 is 1.35 bits per heavy atom. The number of benzene rings is 1. The van der Waals surface area contributed by atoms with Crippen LogP contribution in [0.1, 0.15) is 50.9 Å². The molecule has 1 aromatic carbocycles. The Bertz CT molecular complexity index is 635. The Morgan fingerprint density at radius 2 is 2.10 bits per heavy atom. The van der Waals surface area contributed by atoms with Crippen LogP contribution in [0.4, 0.5) is 4.39 Å². The summed E-state index contributed by atoms with van der Waals surface area (Å²) in [6, 6.07) is 5.25. The Morgan fingerprint density at radius 3 is 2.70 bits per heavy atom. The van der Waals surface area contributed by atoms with Crippen molar-refractivity contribution in [1.29, 1.82) is 0 Å². The molecule has 3 rings (SSSR count). The predicted octanol–water partition coefficient (Wildman–Crippen LogP) is 5.08. The molecule has 0 spiro atoms. The maximum absolute atomic E-state index is 13.4. The fourth-order valence-corrected chi connectivity index (χ4v) is 3.58. The molecule has 1 heterocycles. The van der Waals surface area contributed by atoms with Crippen molar-refractivity contribution in [2.45, 2.75) is 45.0 Å². The molecule has 108 valence electrons. The number of alkyl halides is 1. The summed E-state index contributed by atoms with van der Waals surface area (Å²) in [6.07, 6.45) is 2.37. The van der Waals surface area contributed by atoms with Gasteiger partial charge in [-0.1, -0.05) is 13.8 Å². The average molecular weight is 295 g/mol. The zero-order valence-electron chi connectivity index (χ0n) is 12.1. The predicted molar refractivity (Wildman–Crippen MR) is 80.6 cm³/mol. The van der Waals surface area contributed by atoms with E-state index in [9.17, 15) is 4.39 Å². The van der Waals surface area contributed by atoms with Crippen molar-refractivity contribution in [3.63, 3.8) is 0 Å². The maximum atomic E-state index is 13.4. The molecule has 4 atom stereocenters. The lowest BCUT2D eigenvalue weighted by Gasteiger charge is -2.23. The highest BCUT2D eigenvalue weighted by Crippen LogP contribution is 2.43. The van der Waals surface area contributed by atoms with Crippen LogP contribution in [0.5, 0.6) is 0 Å². The molecule has 0 N–H and O–H groups in total. The summed E-state index contributed by atoms with van der Waals surface area (Å²) in [5.41, 5.74) is 1.71. The van der Waals surface area contributed by atoms with Crippen molar-refractivity contribution in [1.82, 2.24) is 9.55 Å². The summed E-state index contributed by atoms with van der Waals surface area (Å²) in [5.74, 6) is 1.91. The Hall–Kier alpha value is -1.09. The highest BCUT2D eigenvalue weighted by atomic mass is 35.5. The van der Waals surface area contributed by atoms with Crippen molar-refractivity contribution in [2.75, 3.05) is 0 Å². The van der Waals surface area contributed by atoms with Crippen LogP contribution < -0.4 is 0 Å². The largest absolute Gasteiger partial charge is 0.323 e. The lowest BCUT2D eigenvalue weighted by molar-refractivity contribution is 0.352. The summed E-state index contributed by atoms with van der Waals surface area (Å²) >= 11 is 6.31. The number of fused-ring (bicyclic) bond motifs is 1. The van der Waals surface area contributed by atoms with Crippen molar-refractivity contribution in [3.05, 3.63) is 29.8 Å². The number of imidazole rings is 1. The van der Waals surface area contributed by atoms with Crippen LogP contribution in [0, 0.1) is 17.7 Å². The topological polar surface area (TPSA) is 17.8 Å².